The molecule has 1 aliphatic heterocycles. The second-order valence-corrected chi connectivity index (χ2v) is 7.50. The molecule has 0 aromatic heterocycles. The van der Waals surface area contributed by atoms with Gasteiger partial charge in [-0.2, -0.15) is 0 Å². The molecule has 1 heterocycles. The molecule has 1 fully saturated rings. The molecule has 0 aliphatic carbocycles. The molecule has 3 rings (SSSR count). The van der Waals surface area contributed by atoms with E-state index in [4.69, 9.17) is 0 Å². The van der Waals surface area contributed by atoms with Crippen molar-refractivity contribution in [3.63, 3.8) is 0 Å². The number of anilines is 3. The van der Waals surface area contributed by atoms with E-state index in [2.05, 4.69) is 10.6 Å². The van der Waals surface area contributed by atoms with Crippen molar-refractivity contribution in [3.05, 3.63) is 54.1 Å². The van der Waals surface area contributed by atoms with Gasteiger partial charge < -0.3 is 10.6 Å². The van der Waals surface area contributed by atoms with E-state index in [1.165, 1.54) is 4.31 Å². The number of carbonyl (C=O) groups excluding carboxylic acids is 1. The Morgan fingerprint density at radius 1 is 1.04 bits per heavy atom. The first-order valence-corrected chi connectivity index (χ1v) is 9.10. The lowest BCUT2D eigenvalue weighted by atomic mass is 10.2. The molecule has 25 heavy (non-hydrogen) atoms. The number of sulfonamides is 1. The van der Waals surface area contributed by atoms with Crippen LogP contribution in [0.5, 0.6) is 0 Å². The van der Waals surface area contributed by atoms with Crippen molar-refractivity contribution < 1.29 is 22.0 Å². The van der Waals surface area contributed by atoms with Crippen LogP contribution in [0.2, 0.25) is 0 Å². The average Bonchev–Trinajstić information content (AvgIpc) is 2.90. The number of urea groups is 1. The Morgan fingerprint density at radius 2 is 1.76 bits per heavy atom. The second-order valence-electron chi connectivity index (χ2n) is 5.49. The number of benzene rings is 2. The quantitative estimate of drug-likeness (QED) is 0.875. The van der Waals surface area contributed by atoms with Gasteiger partial charge in [-0.3, -0.25) is 4.31 Å². The van der Waals surface area contributed by atoms with Crippen LogP contribution < -0.4 is 14.9 Å². The van der Waals surface area contributed by atoms with E-state index in [-0.39, 0.29) is 11.4 Å². The molecule has 6 nitrogen and oxygen atoms in total. The minimum Gasteiger partial charge on any atom is -0.308 e. The highest BCUT2D eigenvalue weighted by Gasteiger charge is 2.28. The van der Waals surface area contributed by atoms with Gasteiger partial charge in [0.2, 0.25) is 10.0 Å². The molecule has 2 N–H and O–H groups in total. The number of hydrogen-bond donors (Lipinski definition) is 2. The normalized spacial score (nSPS) is 15.8. The predicted molar refractivity (Wildman–Crippen MR) is 91.2 cm³/mol. The van der Waals surface area contributed by atoms with Crippen LogP contribution in [0.15, 0.2) is 42.5 Å². The van der Waals surface area contributed by atoms with Gasteiger partial charge in [-0.25, -0.2) is 22.0 Å². The summed E-state index contributed by atoms with van der Waals surface area (Å²) in [6, 6.07) is 8.37. The van der Waals surface area contributed by atoms with Gasteiger partial charge >= 0.3 is 6.03 Å². The van der Waals surface area contributed by atoms with Gasteiger partial charge in [-0.1, -0.05) is 0 Å². The Hall–Kier alpha value is -2.68. The van der Waals surface area contributed by atoms with Crippen LogP contribution in [-0.2, 0) is 10.0 Å². The summed E-state index contributed by atoms with van der Waals surface area (Å²) in [5.74, 6) is -1.50. The molecule has 1 saturated heterocycles. The first kappa shape index (κ1) is 17.2. The zero-order valence-electron chi connectivity index (χ0n) is 13.0. The topological polar surface area (TPSA) is 78.5 Å². The summed E-state index contributed by atoms with van der Waals surface area (Å²) in [5, 5.41) is 4.76. The summed E-state index contributed by atoms with van der Waals surface area (Å²) >= 11 is 0. The molecule has 0 unspecified atom stereocenters. The van der Waals surface area contributed by atoms with Crippen LogP contribution in [0.1, 0.15) is 6.42 Å². The fourth-order valence-electron chi connectivity index (χ4n) is 2.52. The third-order valence-corrected chi connectivity index (χ3v) is 5.56. The average molecular weight is 367 g/mol. The zero-order chi connectivity index (χ0) is 18.0. The summed E-state index contributed by atoms with van der Waals surface area (Å²) < 4.78 is 51.4. The molecule has 132 valence electrons. The molecule has 0 atom stereocenters. The Kier molecular flexibility index (Phi) is 4.58. The van der Waals surface area contributed by atoms with Crippen molar-refractivity contribution in [3.8, 4) is 0 Å². The van der Waals surface area contributed by atoms with E-state index in [9.17, 15) is 22.0 Å². The summed E-state index contributed by atoms with van der Waals surface area (Å²) in [6.07, 6.45) is 0.577. The molecule has 1 aliphatic rings. The predicted octanol–water partition coefficient (Wildman–Crippen LogP) is 3.15. The fraction of sp³-hybridized carbons (Fsp3) is 0.188. The van der Waals surface area contributed by atoms with Gasteiger partial charge in [0.05, 0.1) is 17.1 Å². The highest BCUT2D eigenvalue weighted by Crippen LogP contribution is 2.25. The standard InChI is InChI=1S/C16H15F2N3O3S/c17-11-2-7-15(14(18)10-11)20-16(22)19-12-3-5-13(6-4-12)21-8-1-9-25(21,23)24/h2-7,10H,1,8-9H2,(H2,19,20,22). The van der Waals surface area contributed by atoms with Gasteiger partial charge in [0, 0.05) is 18.3 Å². The first-order chi connectivity index (χ1) is 11.8. The third-order valence-electron chi connectivity index (χ3n) is 3.69. The molecular formula is C16H15F2N3O3S. The largest absolute Gasteiger partial charge is 0.323 e. The number of carbonyl (C=O) groups is 1. The monoisotopic (exact) mass is 367 g/mol. The van der Waals surface area contributed by atoms with Crippen molar-refractivity contribution in [1.82, 2.24) is 0 Å². The molecule has 9 heteroatoms. The Balaban J connectivity index is 1.66. The van der Waals surface area contributed by atoms with Crippen molar-refractivity contribution in [2.75, 3.05) is 27.2 Å². The van der Waals surface area contributed by atoms with Crippen LogP contribution >= 0.6 is 0 Å². The second kappa shape index (κ2) is 6.67. The Morgan fingerprint density at radius 3 is 2.36 bits per heavy atom. The number of hydrogen-bond acceptors (Lipinski definition) is 3. The number of amides is 2. The van der Waals surface area contributed by atoms with Crippen LogP contribution in [0.4, 0.5) is 30.6 Å². The molecule has 2 amide bonds. The fourth-order valence-corrected chi connectivity index (χ4v) is 4.08. The molecule has 0 saturated carbocycles. The summed E-state index contributed by atoms with van der Waals surface area (Å²) in [5.41, 5.74) is 0.770. The lowest BCUT2D eigenvalue weighted by molar-refractivity contribution is 0.262. The minimum absolute atomic E-state index is 0.124. The molecular weight excluding hydrogens is 352 g/mol. The van der Waals surface area contributed by atoms with Crippen molar-refractivity contribution >= 4 is 33.1 Å². The first-order valence-electron chi connectivity index (χ1n) is 7.49. The minimum atomic E-state index is -3.26. The number of halogens is 2. The molecule has 0 spiro atoms. The van der Waals surface area contributed by atoms with Crippen LogP contribution in [0, 0.1) is 11.6 Å². The summed E-state index contributed by atoms with van der Waals surface area (Å²) in [4.78, 5) is 11.9. The van der Waals surface area contributed by atoms with Gasteiger partial charge in [-0.15, -0.1) is 0 Å². The van der Waals surface area contributed by atoms with Crippen LogP contribution in [0.25, 0.3) is 0 Å². The van der Waals surface area contributed by atoms with E-state index in [0.717, 1.165) is 12.1 Å². The number of nitrogens with zero attached hydrogens (tertiary/aromatic N) is 1. The smallest absolute Gasteiger partial charge is 0.308 e. The van der Waals surface area contributed by atoms with E-state index >= 15 is 0 Å². The van der Waals surface area contributed by atoms with E-state index in [1.807, 2.05) is 0 Å². The molecule has 0 bridgehead atoms. The summed E-state index contributed by atoms with van der Waals surface area (Å²) in [6.45, 7) is 0.430. The zero-order valence-corrected chi connectivity index (χ0v) is 13.8. The third kappa shape index (κ3) is 3.87. The molecule has 2 aromatic carbocycles. The highest BCUT2D eigenvalue weighted by molar-refractivity contribution is 7.93. The maximum Gasteiger partial charge on any atom is 0.323 e. The number of nitrogens with one attached hydrogen (secondary N) is 2. The van der Waals surface area contributed by atoms with Crippen LogP contribution in [-0.4, -0.2) is 26.7 Å². The SMILES string of the molecule is O=C(Nc1ccc(N2CCCS2(=O)=O)cc1)Nc1ccc(F)cc1F. The maximum atomic E-state index is 13.5. The van der Waals surface area contributed by atoms with Gasteiger partial charge in [0.1, 0.15) is 11.6 Å². The Labute approximate surface area is 143 Å². The van der Waals surface area contributed by atoms with Crippen molar-refractivity contribution in [1.29, 1.82) is 0 Å². The lowest BCUT2D eigenvalue weighted by Crippen LogP contribution is -2.25. The molecule has 2 aromatic rings. The Bertz CT molecular complexity index is 901. The van der Waals surface area contributed by atoms with E-state index < -0.39 is 27.7 Å². The maximum absolute atomic E-state index is 13.5. The summed E-state index contributed by atoms with van der Waals surface area (Å²) in [7, 11) is -3.26. The van der Waals surface area contributed by atoms with Gasteiger partial charge in [0.25, 0.3) is 0 Å². The lowest BCUT2D eigenvalue weighted by Gasteiger charge is -2.17. The van der Waals surface area contributed by atoms with Gasteiger partial charge in [-0.05, 0) is 42.8 Å². The molecule has 0 radical (unpaired) electrons. The van der Waals surface area contributed by atoms with Crippen LogP contribution in [0.3, 0.4) is 0 Å². The van der Waals surface area contributed by atoms with Crippen molar-refractivity contribution in [2.24, 2.45) is 0 Å². The van der Waals surface area contributed by atoms with E-state index in [1.54, 1.807) is 24.3 Å². The van der Waals surface area contributed by atoms with E-state index in [0.29, 0.717) is 30.4 Å². The highest BCUT2D eigenvalue weighted by atomic mass is 32.2. The van der Waals surface area contributed by atoms with Crippen molar-refractivity contribution in [2.45, 2.75) is 6.42 Å². The van der Waals surface area contributed by atoms with Gasteiger partial charge in [0.15, 0.2) is 0 Å². The number of rotatable bonds is 3.